The molecular formula is C9H11ClN2O2. The van der Waals surface area contributed by atoms with Gasteiger partial charge in [-0.05, 0) is 18.7 Å². The van der Waals surface area contributed by atoms with Crippen LogP contribution in [0.2, 0.25) is 5.15 Å². The summed E-state index contributed by atoms with van der Waals surface area (Å²) in [5.74, 6) is -0.838. The summed E-state index contributed by atoms with van der Waals surface area (Å²) in [6, 6.07) is 3.51. The largest absolute Gasteiger partial charge is 0.480 e. The molecule has 0 radical (unpaired) electrons. The second-order valence-corrected chi connectivity index (χ2v) is 3.44. The Balaban J connectivity index is 2.51. The van der Waals surface area contributed by atoms with E-state index in [4.69, 9.17) is 16.7 Å². The number of likely N-dealkylation sites (N-methyl/N-ethyl adjacent to an activating group) is 1. The fourth-order valence-corrected chi connectivity index (χ4v) is 1.21. The lowest BCUT2D eigenvalue weighted by atomic mass is 10.3. The third-order valence-corrected chi connectivity index (χ3v) is 1.87. The maximum atomic E-state index is 10.4. The average molecular weight is 215 g/mol. The van der Waals surface area contributed by atoms with Crippen molar-refractivity contribution in [3.8, 4) is 0 Å². The van der Waals surface area contributed by atoms with Crippen molar-refractivity contribution in [2.75, 3.05) is 13.6 Å². The van der Waals surface area contributed by atoms with Gasteiger partial charge in [0.05, 0.1) is 6.54 Å². The van der Waals surface area contributed by atoms with Gasteiger partial charge >= 0.3 is 5.97 Å². The number of rotatable bonds is 4. The lowest BCUT2D eigenvalue weighted by Crippen LogP contribution is -2.25. The van der Waals surface area contributed by atoms with Gasteiger partial charge in [-0.2, -0.15) is 0 Å². The molecular weight excluding hydrogens is 204 g/mol. The van der Waals surface area contributed by atoms with Crippen LogP contribution < -0.4 is 0 Å². The molecule has 0 spiro atoms. The molecule has 1 aromatic rings. The first-order valence-corrected chi connectivity index (χ1v) is 4.46. The van der Waals surface area contributed by atoms with E-state index in [2.05, 4.69) is 4.98 Å². The minimum Gasteiger partial charge on any atom is -0.480 e. The highest BCUT2D eigenvalue weighted by Gasteiger charge is 2.04. The van der Waals surface area contributed by atoms with Gasteiger partial charge in [0, 0.05) is 12.7 Å². The fraction of sp³-hybridized carbons (Fsp3) is 0.333. The van der Waals surface area contributed by atoms with Crippen molar-refractivity contribution in [2.24, 2.45) is 0 Å². The van der Waals surface area contributed by atoms with E-state index in [1.807, 2.05) is 6.07 Å². The maximum absolute atomic E-state index is 10.4. The van der Waals surface area contributed by atoms with Crippen molar-refractivity contribution < 1.29 is 9.90 Å². The van der Waals surface area contributed by atoms with Crippen LogP contribution in [0, 0.1) is 0 Å². The van der Waals surface area contributed by atoms with Crippen molar-refractivity contribution in [3.63, 3.8) is 0 Å². The molecule has 0 saturated carbocycles. The molecule has 4 nitrogen and oxygen atoms in total. The van der Waals surface area contributed by atoms with E-state index in [1.165, 1.54) is 0 Å². The zero-order valence-electron chi connectivity index (χ0n) is 7.77. The molecule has 1 aromatic heterocycles. The van der Waals surface area contributed by atoms with Gasteiger partial charge in [0.25, 0.3) is 0 Å². The summed E-state index contributed by atoms with van der Waals surface area (Å²) >= 11 is 5.61. The molecule has 14 heavy (non-hydrogen) atoms. The molecule has 0 aliphatic carbocycles. The highest BCUT2D eigenvalue weighted by atomic mass is 35.5. The van der Waals surface area contributed by atoms with E-state index in [-0.39, 0.29) is 6.54 Å². The molecule has 1 heterocycles. The van der Waals surface area contributed by atoms with E-state index in [0.29, 0.717) is 11.7 Å². The summed E-state index contributed by atoms with van der Waals surface area (Å²) in [6.07, 6.45) is 1.64. The Morgan fingerprint density at radius 1 is 1.64 bits per heavy atom. The quantitative estimate of drug-likeness (QED) is 0.767. The molecule has 0 bridgehead atoms. The van der Waals surface area contributed by atoms with E-state index >= 15 is 0 Å². The van der Waals surface area contributed by atoms with E-state index in [1.54, 1.807) is 24.2 Å². The van der Waals surface area contributed by atoms with Gasteiger partial charge in [0.2, 0.25) is 0 Å². The Morgan fingerprint density at radius 2 is 2.36 bits per heavy atom. The molecule has 0 saturated heterocycles. The van der Waals surface area contributed by atoms with Crippen LogP contribution in [-0.2, 0) is 11.3 Å². The average Bonchev–Trinajstić information content (AvgIpc) is 2.07. The smallest absolute Gasteiger partial charge is 0.317 e. The van der Waals surface area contributed by atoms with Crippen LogP contribution in [0.25, 0.3) is 0 Å². The Morgan fingerprint density at radius 3 is 2.86 bits per heavy atom. The van der Waals surface area contributed by atoms with Crippen molar-refractivity contribution in [1.82, 2.24) is 9.88 Å². The maximum Gasteiger partial charge on any atom is 0.317 e. The first-order chi connectivity index (χ1) is 6.58. The fourth-order valence-electron chi connectivity index (χ4n) is 1.10. The van der Waals surface area contributed by atoms with E-state index in [9.17, 15) is 4.79 Å². The van der Waals surface area contributed by atoms with Crippen LogP contribution in [-0.4, -0.2) is 34.6 Å². The monoisotopic (exact) mass is 214 g/mol. The van der Waals surface area contributed by atoms with Crippen LogP contribution in [0.4, 0.5) is 0 Å². The summed E-state index contributed by atoms with van der Waals surface area (Å²) in [5.41, 5.74) is 0.943. The molecule has 1 N–H and O–H groups in total. The summed E-state index contributed by atoms with van der Waals surface area (Å²) in [4.78, 5) is 16.0. The molecule has 0 amide bonds. The molecule has 0 fully saturated rings. The zero-order valence-corrected chi connectivity index (χ0v) is 8.53. The van der Waals surface area contributed by atoms with Crippen molar-refractivity contribution in [2.45, 2.75) is 6.54 Å². The minimum absolute atomic E-state index is 0.0165. The van der Waals surface area contributed by atoms with Gasteiger partial charge < -0.3 is 5.11 Å². The third-order valence-electron chi connectivity index (χ3n) is 1.65. The number of carboxylic acid groups (broad SMARTS) is 1. The summed E-state index contributed by atoms with van der Waals surface area (Å²) in [7, 11) is 1.74. The molecule has 1 rings (SSSR count). The molecule has 0 aromatic carbocycles. The van der Waals surface area contributed by atoms with Crippen molar-refractivity contribution in [1.29, 1.82) is 0 Å². The Bertz CT molecular complexity index is 313. The number of carbonyl (C=O) groups is 1. The third kappa shape index (κ3) is 3.72. The molecule has 0 unspecified atom stereocenters. The summed E-state index contributed by atoms with van der Waals surface area (Å²) < 4.78 is 0. The Hall–Kier alpha value is -1.13. The van der Waals surface area contributed by atoms with Crippen molar-refractivity contribution >= 4 is 17.6 Å². The standard InChI is InChI=1S/C9H11ClN2O2/c1-12(6-9(13)14)5-7-2-3-8(10)11-4-7/h2-4H,5-6H2,1H3,(H,13,14). The second kappa shape index (κ2) is 4.93. The van der Waals surface area contributed by atoms with Crippen LogP contribution >= 0.6 is 11.6 Å². The number of carboxylic acids is 1. The van der Waals surface area contributed by atoms with Crippen LogP contribution in [0.15, 0.2) is 18.3 Å². The number of pyridine rings is 1. The topological polar surface area (TPSA) is 53.4 Å². The SMILES string of the molecule is CN(CC(=O)O)Cc1ccc(Cl)nc1. The second-order valence-electron chi connectivity index (χ2n) is 3.06. The summed E-state index contributed by atoms with van der Waals surface area (Å²) in [6.45, 7) is 0.569. The number of hydrogen-bond acceptors (Lipinski definition) is 3. The Labute approximate surface area is 87.1 Å². The number of nitrogens with zero attached hydrogens (tertiary/aromatic N) is 2. The molecule has 0 aliphatic heterocycles. The normalized spacial score (nSPS) is 10.5. The predicted molar refractivity (Wildman–Crippen MR) is 53.2 cm³/mol. The minimum atomic E-state index is -0.838. The Kier molecular flexibility index (Phi) is 3.85. The number of halogens is 1. The van der Waals surface area contributed by atoms with Gasteiger partial charge in [-0.3, -0.25) is 9.69 Å². The lowest BCUT2D eigenvalue weighted by molar-refractivity contribution is -0.138. The molecule has 76 valence electrons. The number of aliphatic carboxylic acids is 1. The van der Waals surface area contributed by atoms with Gasteiger partial charge in [-0.25, -0.2) is 4.98 Å². The van der Waals surface area contributed by atoms with Crippen molar-refractivity contribution in [3.05, 3.63) is 29.0 Å². The predicted octanol–water partition coefficient (Wildman–Crippen LogP) is 1.25. The first-order valence-electron chi connectivity index (χ1n) is 4.08. The molecule has 5 heteroatoms. The van der Waals surface area contributed by atoms with Crippen LogP contribution in [0.3, 0.4) is 0 Å². The lowest BCUT2D eigenvalue weighted by Gasteiger charge is -2.13. The number of hydrogen-bond donors (Lipinski definition) is 1. The van der Waals surface area contributed by atoms with Gasteiger partial charge in [0.15, 0.2) is 0 Å². The van der Waals surface area contributed by atoms with Gasteiger partial charge in [0.1, 0.15) is 5.15 Å². The number of aromatic nitrogens is 1. The summed E-state index contributed by atoms with van der Waals surface area (Å²) in [5, 5.41) is 8.97. The molecule has 0 atom stereocenters. The highest BCUT2D eigenvalue weighted by Crippen LogP contribution is 2.06. The highest BCUT2D eigenvalue weighted by molar-refractivity contribution is 6.29. The van der Waals surface area contributed by atoms with Gasteiger partial charge in [-0.15, -0.1) is 0 Å². The zero-order chi connectivity index (χ0) is 10.6. The first kappa shape index (κ1) is 10.9. The van der Waals surface area contributed by atoms with Crippen LogP contribution in [0.5, 0.6) is 0 Å². The van der Waals surface area contributed by atoms with E-state index in [0.717, 1.165) is 5.56 Å². The van der Waals surface area contributed by atoms with Gasteiger partial charge in [-0.1, -0.05) is 17.7 Å². The molecule has 0 aliphatic rings. The van der Waals surface area contributed by atoms with E-state index < -0.39 is 5.97 Å². The van der Waals surface area contributed by atoms with Crippen LogP contribution in [0.1, 0.15) is 5.56 Å².